The van der Waals surface area contributed by atoms with Gasteiger partial charge >= 0.3 is 0 Å². The predicted molar refractivity (Wildman–Crippen MR) is 67.9 cm³/mol. The van der Waals surface area contributed by atoms with Crippen molar-refractivity contribution in [3.63, 3.8) is 0 Å². The van der Waals surface area contributed by atoms with Crippen LogP contribution in [0.25, 0.3) is 11.3 Å². The van der Waals surface area contributed by atoms with Gasteiger partial charge in [-0.3, -0.25) is 4.68 Å². The molecule has 1 heterocycles. The highest BCUT2D eigenvalue weighted by Crippen LogP contribution is 2.26. The molecule has 0 aliphatic heterocycles. The smallest absolute Gasteiger partial charge is 0.165 e. The molecule has 0 aliphatic carbocycles. The zero-order valence-electron chi connectivity index (χ0n) is 10.7. The standard InChI is InChI=1S/C13H16FN3O/c1-15-7-10-8-17(2)16-13(10)9-4-5-12(18-3)11(14)6-9/h4-6,8,15H,7H2,1-3H3. The van der Waals surface area contributed by atoms with Crippen LogP contribution in [-0.4, -0.2) is 23.9 Å². The fourth-order valence-corrected chi connectivity index (χ4v) is 1.91. The van der Waals surface area contributed by atoms with Crippen LogP contribution in [0.5, 0.6) is 5.75 Å². The van der Waals surface area contributed by atoms with Crippen LogP contribution in [0.1, 0.15) is 5.56 Å². The Morgan fingerprint density at radius 2 is 2.22 bits per heavy atom. The molecule has 0 atom stereocenters. The Morgan fingerprint density at radius 1 is 1.44 bits per heavy atom. The molecule has 1 aromatic heterocycles. The number of hydrogen-bond donors (Lipinski definition) is 1. The Kier molecular flexibility index (Phi) is 3.62. The van der Waals surface area contributed by atoms with Gasteiger partial charge in [-0.15, -0.1) is 0 Å². The Hall–Kier alpha value is -1.88. The molecule has 2 rings (SSSR count). The molecule has 0 amide bonds. The zero-order chi connectivity index (χ0) is 13.1. The lowest BCUT2D eigenvalue weighted by molar-refractivity contribution is 0.386. The number of nitrogens with zero attached hydrogens (tertiary/aromatic N) is 2. The molecule has 0 saturated carbocycles. The third kappa shape index (κ3) is 2.36. The third-order valence-electron chi connectivity index (χ3n) is 2.70. The second-order valence-electron chi connectivity index (χ2n) is 4.06. The van der Waals surface area contributed by atoms with Gasteiger partial charge in [-0.1, -0.05) is 0 Å². The van der Waals surface area contributed by atoms with Crippen molar-refractivity contribution in [1.29, 1.82) is 0 Å². The summed E-state index contributed by atoms with van der Waals surface area (Å²) in [5.41, 5.74) is 2.57. The molecular formula is C13H16FN3O. The predicted octanol–water partition coefficient (Wildman–Crippen LogP) is 1.95. The maximum Gasteiger partial charge on any atom is 0.165 e. The maximum absolute atomic E-state index is 13.7. The first-order valence-corrected chi connectivity index (χ1v) is 5.66. The lowest BCUT2D eigenvalue weighted by Gasteiger charge is -2.05. The quantitative estimate of drug-likeness (QED) is 0.900. The Bertz CT molecular complexity index is 551. The average Bonchev–Trinajstić information content (AvgIpc) is 2.71. The van der Waals surface area contributed by atoms with Crippen molar-refractivity contribution in [1.82, 2.24) is 15.1 Å². The van der Waals surface area contributed by atoms with Gasteiger partial charge in [0.2, 0.25) is 0 Å². The zero-order valence-corrected chi connectivity index (χ0v) is 10.7. The van der Waals surface area contributed by atoms with Crippen LogP contribution in [0, 0.1) is 5.82 Å². The first-order valence-electron chi connectivity index (χ1n) is 5.66. The minimum absolute atomic E-state index is 0.241. The summed E-state index contributed by atoms with van der Waals surface area (Å²) >= 11 is 0. The van der Waals surface area contributed by atoms with E-state index in [1.54, 1.807) is 10.7 Å². The van der Waals surface area contributed by atoms with Crippen molar-refractivity contribution >= 4 is 0 Å². The number of methoxy groups -OCH3 is 1. The molecule has 1 N–H and O–H groups in total. The van der Waals surface area contributed by atoms with Crippen molar-refractivity contribution in [2.75, 3.05) is 14.2 Å². The number of nitrogens with one attached hydrogen (secondary N) is 1. The fourth-order valence-electron chi connectivity index (χ4n) is 1.91. The van der Waals surface area contributed by atoms with Gasteiger partial charge in [-0.2, -0.15) is 5.10 Å². The van der Waals surface area contributed by atoms with Crippen molar-refractivity contribution in [2.45, 2.75) is 6.54 Å². The molecule has 0 unspecified atom stereocenters. The summed E-state index contributed by atoms with van der Waals surface area (Å²) in [7, 11) is 5.17. The molecule has 5 heteroatoms. The highest BCUT2D eigenvalue weighted by molar-refractivity contribution is 5.63. The van der Waals surface area contributed by atoms with Gasteiger partial charge in [0.05, 0.1) is 12.8 Å². The van der Waals surface area contributed by atoms with E-state index in [1.807, 2.05) is 26.4 Å². The molecule has 1 aromatic carbocycles. The van der Waals surface area contributed by atoms with Crippen LogP contribution >= 0.6 is 0 Å². The van der Waals surface area contributed by atoms with Gasteiger partial charge in [0.1, 0.15) is 0 Å². The summed E-state index contributed by atoms with van der Waals surface area (Å²) < 4.78 is 20.3. The molecule has 18 heavy (non-hydrogen) atoms. The minimum Gasteiger partial charge on any atom is -0.494 e. The summed E-state index contributed by atoms with van der Waals surface area (Å²) in [6.45, 7) is 0.691. The van der Waals surface area contributed by atoms with Gasteiger partial charge in [0.25, 0.3) is 0 Å². The summed E-state index contributed by atoms with van der Waals surface area (Å²) in [6.07, 6.45) is 1.92. The highest BCUT2D eigenvalue weighted by Gasteiger charge is 2.12. The van der Waals surface area contributed by atoms with E-state index in [-0.39, 0.29) is 11.6 Å². The molecule has 96 valence electrons. The maximum atomic E-state index is 13.7. The number of ether oxygens (including phenoxy) is 1. The molecule has 0 radical (unpaired) electrons. The number of benzene rings is 1. The number of aromatic nitrogens is 2. The number of aryl methyl sites for hydroxylation is 1. The average molecular weight is 249 g/mol. The Labute approximate surface area is 105 Å². The van der Waals surface area contributed by atoms with Gasteiger partial charge in [0.15, 0.2) is 11.6 Å². The van der Waals surface area contributed by atoms with Crippen LogP contribution in [-0.2, 0) is 13.6 Å². The van der Waals surface area contributed by atoms with E-state index < -0.39 is 0 Å². The van der Waals surface area contributed by atoms with E-state index in [4.69, 9.17) is 4.74 Å². The van der Waals surface area contributed by atoms with Crippen LogP contribution in [0.2, 0.25) is 0 Å². The van der Waals surface area contributed by atoms with Crippen molar-refractivity contribution < 1.29 is 9.13 Å². The van der Waals surface area contributed by atoms with Crippen molar-refractivity contribution in [2.24, 2.45) is 7.05 Å². The molecule has 0 bridgehead atoms. The molecule has 4 nitrogen and oxygen atoms in total. The second kappa shape index (κ2) is 5.18. The SMILES string of the molecule is CNCc1cn(C)nc1-c1ccc(OC)c(F)c1. The van der Waals surface area contributed by atoms with E-state index in [1.165, 1.54) is 13.2 Å². The van der Waals surface area contributed by atoms with E-state index >= 15 is 0 Å². The summed E-state index contributed by atoms with van der Waals surface area (Å²) in [5.74, 6) is -0.138. The monoisotopic (exact) mass is 249 g/mol. The van der Waals surface area contributed by atoms with Gasteiger partial charge in [-0.25, -0.2) is 4.39 Å². The van der Waals surface area contributed by atoms with Crippen molar-refractivity contribution in [3.8, 4) is 17.0 Å². The molecule has 0 fully saturated rings. The van der Waals surface area contributed by atoms with Crippen LogP contribution in [0.15, 0.2) is 24.4 Å². The van der Waals surface area contributed by atoms with E-state index in [2.05, 4.69) is 10.4 Å². The first kappa shape index (κ1) is 12.6. The van der Waals surface area contributed by atoms with E-state index in [9.17, 15) is 4.39 Å². The van der Waals surface area contributed by atoms with Gasteiger partial charge in [0, 0.05) is 30.9 Å². The molecule has 2 aromatic rings. The van der Waals surface area contributed by atoms with Gasteiger partial charge < -0.3 is 10.1 Å². The second-order valence-corrected chi connectivity index (χ2v) is 4.06. The normalized spacial score (nSPS) is 10.7. The van der Waals surface area contributed by atoms with E-state index in [0.29, 0.717) is 6.54 Å². The van der Waals surface area contributed by atoms with E-state index in [0.717, 1.165) is 16.8 Å². The Morgan fingerprint density at radius 3 is 2.83 bits per heavy atom. The van der Waals surface area contributed by atoms with Crippen LogP contribution in [0.4, 0.5) is 4.39 Å². The van der Waals surface area contributed by atoms with Crippen molar-refractivity contribution in [3.05, 3.63) is 35.8 Å². The molecule has 0 aliphatic rings. The topological polar surface area (TPSA) is 39.1 Å². The summed E-state index contributed by atoms with van der Waals surface area (Å²) in [4.78, 5) is 0. The van der Waals surface area contributed by atoms with Crippen LogP contribution in [0.3, 0.4) is 0 Å². The number of rotatable bonds is 4. The largest absolute Gasteiger partial charge is 0.494 e. The summed E-state index contributed by atoms with van der Waals surface area (Å²) in [5, 5.41) is 7.44. The fraction of sp³-hybridized carbons (Fsp3) is 0.308. The summed E-state index contributed by atoms with van der Waals surface area (Å²) in [6, 6.07) is 4.87. The highest BCUT2D eigenvalue weighted by atomic mass is 19.1. The van der Waals surface area contributed by atoms with Crippen LogP contribution < -0.4 is 10.1 Å². The number of hydrogen-bond acceptors (Lipinski definition) is 3. The third-order valence-corrected chi connectivity index (χ3v) is 2.70. The first-order chi connectivity index (χ1) is 8.65. The molecule has 0 spiro atoms. The lowest BCUT2D eigenvalue weighted by atomic mass is 10.1. The minimum atomic E-state index is -0.379. The molecule has 0 saturated heterocycles. The molecular weight excluding hydrogens is 233 g/mol. The lowest BCUT2D eigenvalue weighted by Crippen LogP contribution is -2.05. The Balaban J connectivity index is 2.44. The van der Waals surface area contributed by atoms with Gasteiger partial charge in [-0.05, 0) is 25.2 Å². The number of halogens is 1.